The zero-order valence-corrected chi connectivity index (χ0v) is 14.7. The molecular formula is C20H25NO3. The van der Waals surface area contributed by atoms with E-state index in [9.17, 15) is 9.90 Å². The first kappa shape index (κ1) is 18.0. The Hall–Kier alpha value is -2.33. The smallest absolute Gasteiger partial charge is 0.262 e. The van der Waals surface area contributed by atoms with Crippen molar-refractivity contribution in [2.24, 2.45) is 0 Å². The number of hydrogen-bond acceptors (Lipinski definition) is 3. The van der Waals surface area contributed by atoms with Gasteiger partial charge in [-0.15, -0.1) is 0 Å². The predicted octanol–water partition coefficient (Wildman–Crippen LogP) is 4.07. The number of nitrogens with one attached hydrogen (secondary N) is 1. The van der Waals surface area contributed by atoms with Crippen LogP contribution in [0.15, 0.2) is 36.4 Å². The number of rotatable bonds is 6. The molecule has 0 aliphatic carbocycles. The van der Waals surface area contributed by atoms with Crippen LogP contribution >= 0.6 is 0 Å². The number of aryl methyl sites for hydroxylation is 3. The van der Waals surface area contributed by atoms with Crippen molar-refractivity contribution < 1.29 is 14.6 Å². The minimum atomic E-state index is -0.463. The highest BCUT2D eigenvalue weighted by Gasteiger charge is 2.10. The van der Waals surface area contributed by atoms with Crippen molar-refractivity contribution in [3.8, 4) is 5.75 Å². The van der Waals surface area contributed by atoms with Gasteiger partial charge in [-0.3, -0.25) is 4.79 Å². The van der Waals surface area contributed by atoms with Crippen LogP contribution in [-0.2, 0) is 4.79 Å². The molecule has 128 valence electrons. The summed E-state index contributed by atoms with van der Waals surface area (Å²) in [4.78, 5) is 12.1. The van der Waals surface area contributed by atoms with Crippen molar-refractivity contribution in [2.75, 3.05) is 11.9 Å². The lowest BCUT2D eigenvalue weighted by atomic mass is 10.1. The van der Waals surface area contributed by atoms with Gasteiger partial charge in [-0.25, -0.2) is 0 Å². The molecule has 4 heteroatoms. The van der Waals surface area contributed by atoms with Gasteiger partial charge in [0.1, 0.15) is 5.75 Å². The third kappa shape index (κ3) is 4.59. The van der Waals surface area contributed by atoms with Crippen molar-refractivity contribution in [1.82, 2.24) is 0 Å². The van der Waals surface area contributed by atoms with Crippen molar-refractivity contribution in [3.05, 3.63) is 58.7 Å². The number of aliphatic hydroxyl groups is 1. The van der Waals surface area contributed by atoms with E-state index < -0.39 is 6.10 Å². The number of hydrogen-bond donors (Lipinski definition) is 2. The Morgan fingerprint density at radius 2 is 1.71 bits per heavy atom. The fraction of sp³-hybridized carbons (Fsp3) is 0.350. The van der Waals surface area contributed by atoms with E-state index in [4.69, 9.17) is 4.74 Å². The highest BCUT2D eigenvalue weighted by Crippen LogP contribution is 2.22. The van der Waals surface area contributed by atoms with Crippen molar-refractivity contribution in [3.63, 3.8) is 0 Å². The molecule has 0 heterocycles. The molecule has 24 heavy (non-hydrogen) atoms. The molecule has 0 saturated carbocycles. The molecule has 1 amide bonds. The summed E-state index contributed by atoms with van der Waals surface area (Å²) in [6, 6.07) is 11.3. The first-order valence-corrected chi connectivity index (χ1v) is 8.19. The molecule has 1 unspecified atom stereocenters. The molecule has 0 bridgehead atoms. The summed E-state index contributed by atoms with van der Waals surface area (Å²) < 4.78 is 5.52. The standard InChI is InChI=1S/C20H25NO3/c1-5-18(22)16-6-8-17(9-7-16)24-12-19(23)21-20-14(3)10-13(2)11-15(20)4/h6-11,18,22H,5,12H2,1-4H3,(H,21,23). The second kappa shape index (κ2) is 7.97. The summed E-state index contributed by atoms with van der Waals surface area (Å²) in [5, 5.41) is 12.7. The van der Waals surface area contributed by atoms with Gasteiger partial charge in [0, 0.05) is 5.69 Å². The number of aliphatic hydroxyl groups excluding tert-OH is 1. The molecule has 0 aromatic heterocycles. The minimum absolute atomic E-state index is 0.0531. The molecule has 0 fully saturated rings. The SMILES string of the molecule is CCC(O)c1ccc(OCC(=O)Nc2c(C)cc(C)cc2C)cc1. The van der Waals surface area contributed by atoms with Gasteiger partial charge in [-0.2, -0.15) is 0 Å². The highest BCUT2D eigenvalue weighted by molar-refractivity contribution is 5.93. The predicted molar refractivity (Wildman–Crippen MR) is 96.5 cm³/mol. The molecule has 2 rings (SSSR count). The van der Waals surface area contributed by atoms with Gasteiger partial charge in [0.25, 0.3) is 5.91 Å². The van der Waals surface area contributed by atoms with E-state index in [1.54, 1.807) is 12.1 Å². The van der Waals surface area contributed by atoms with E-state index in [0.29, 0.717) is 12.2 Å². The van der Waals surface area contributed by atoms with E-state index in [-0.39, 0.29) is 12.5 Å². The summed E-state index contributed by atoms with van der Waals surface area (Å²) in [5.74, 6) is 0.414. The first-order valence-electron chi connectivity index (χ1n) is 8.19. The first-order chi connectivity index (χ1) is 11.4. The van der Waals surface area contributed by atoms with Gasteiger partial charge in [0.15, 0.2) is 6.61 Å². The van der Waals surface area contributed by atoms with Crippen LogP contribution in [0, 0.1) is 20.8 Å². The molecule has 0 aliphatic heterocycles. The third-order valence-electron chi connectivity index (χ3n) is 3.96. The van der Waals surface area contributed by atoms with Gasteiger partial charge in [0.05, 0.1) is 6.10 Å². The second-order valence-electron chi connectivity index (χ2n) is 6.10. The molecular weight excluding hydrogens is 302 g/mol. The largest absolute Gasteiger partial charge is 0.484 e. The molecule has 0 aliphatic rings. The lowest BCUT2D eigenvalue weighted by molar-refractivity contribution is -0.118. The molecule has 0 saturated heterocycles. The van der Waals surface area contributed by atoms with E-state index in [2.05, 4.69) is 5.32 Å². The van der Waals surface area contributed by atoms with Crippen LogP contribution in [0.4, 0.5) is 5.69 Å². The van der Waals surface area contributed by atoms with Crippen LogP contribution < -0.4 is 10.1 Å². The van der Waals surface area contributed by atoms with Gasteiger partial charge < -0.3 is 15.2 Å². The normalized spacial score (nSPS) is 11.9. The van der Waals surface area contributed by atoms with E-state index in [1.165, 1.54) is 5.56 Å². The average Bonchev–Trinajstić information content (AvgIpc) is 2.56. The van der Waals surface area contributed by atoms with Crippen LogP contribution in [0.2, 0.25) is 0 Å². The van der Waals surface area contributed by atoms with Crippen LogP contribution in [0.25, 0.3) is 0 Å². The number of anilines is 1. The van der Waals surface area contributed by atoms with Gasteiger partial charge in [0.2, 0.25) is 0 Å². The molecule has 2 N–H and O–H groups in total. The van der Waals surface area contributed by atoms with Gasteiger partial charge in [-0.1, -0.05) is 36.8 Å². The van der Waals surface area contributed by atoms with Gasteiger partial charge in [-0.05, 0) is 56.0 Å². The summed E-state index contributed by atoms with van der Waals surface area (Å²) in [6.07, 6.45) is 0.201. The van der Waals surface area contributed by atoms with Crippen molar-refractivity contribution in [2.45, 2.75) is 40.2 Å². The Morgan fingerprint density at radius 1 is 1.12 bits per heavy atom. The van der Waals surface area contributed by atoms with Crippen molar-refractivity contribution >= 4 is 11.6 Å². The quantitative estimate of drug-likeness (QED) is 0.841. The Labute approximate surface area is 143 Å². The number of amides is 1. The zero-order chi connectivity index (χ0) is 17.7. The number of carbonyl (C=O) groups excluding carboxylic acids is 1. The van der Waals surface area contributed by atoms with Crippen molar-refractivity contribution in [1.29, 1.82) is 0 Å². The summed E-state index contributed by atoms with van der Waals surface area (Å²) in [5.41, 5.74) is 4.95. The topological polar surface area (TPSA) is 58.6 Å². The summed E-state index contributed by atoms with van der Waals surface area (Å²) >= 11 is 0. The van der Waals surface area contributed by atoms with Crippen LogP contribution in [0.1, 0.15) is 41.7 Å². The Balaban J connectivity index is 1.94. The maximum atomic E-state index is 12.1. The van der Waals surface area contributed by atoms with Gasteiger partial charge >= 0.3 is 0 Å². The summed E-state index contributed by atoms with van der Waals surface area (Å²) in [6.45, 7) is 7.87. The lowest BCUT2D eigenvalue weighted by Crippen LogP contribution is -2.21. The zero-order valence-electron chi connectivity index (χ0n) is 14.7. The number of carbonyl (C=O) groups is 1. The molecule has 0 spiro atoms. The third-order valence-corrected chi connectivity index (χ3v) is 3.96. The molecule has 2 aromatic carbocycles. The van der Waals surface area contributed by atoms with E-state index >= 15 is 0 Å². The molecule has 1 atom stereocenters. The van der Waals surface area contributed by atoms with Crippen LogP contribution in [0.5, 0.6) is 5.75 Å². The Bertz CT molecular complexity index is 684. The Kier molecular flexibility index (Phi) is 5.99. The maximum absolute atomic E-state index is 12.1. The fourth-order valence-corrected chi connectivity index (χ4v) is 2.72. The number of benzene rings is 2. The monoisotopic (exact) mass is 327 g/mol. The summed E-state index contributed by atoms with van der Waals surface area (Å²) in [7, 11) is 0. The van der Waals surface area contributed by atoms with Crippen LogP contribution in [-0.4, -0.2) is 17.6 Å². The minimum Gasteiger partial charge on any atom is -0.484 e. The fourth-order valence-electron chi connectivity index (χ4n) is 2.72. The maximum Gasteiger partial charge on any atom is 0.262 e. The lowest BCUT2D eigenvalue weighted by Gasteiger charge is -2.13. The van der Waals surface area contributed by atoms with E-state index in [1.807, 2.05) is 52.0 Å². The Morgan fingerprint density at radius 3 is 2.25 bits per heavy atom. The molecule has 4 nitrogen and oxygen atoms in total. The molecule has 2 aromatic rings. The van der Waals surface area contributed by atoms with E-state index in [0.717, 1.165) is 22.4 Å². The highest BCUT2D eigenvalue weighted by atomic mass is 16.5. The second-order valence-corrected chi connectivity index (χ2v) is 6.10. The van der Waals surface area contributed by atoms with Crippen LogP contribution in [0.3, 0.4) is 0 Å². The number of ether oxygens (including phenoxy) is 1. The molecule has 0 radical (unpaired) electrons. The average molecular weight is 327 g/mol.